The molecule has 4 fully saturated rings. The third kappa shape index (κ3) is 20.0. The van der Waals surface area contributed by atoms with Gasteiger partial charge < -0.3 is 20.4 Å². The first-order chi connectivity index (χ1) is 22.7. The van der Waals surface area contributed by atoms with Crippen LogP contribution in [0.15, 0.2) is 0 Å². The fourth-order valence-corrected chi connectivity index (χ4v) is 9.54. The van der Waals surface area contributed by atoms with E-state index in [0.29, 0.717) is 23.7 Å². The summed E-state index contributed by atoms with van der Waals surface area (Å²) in [6.45, 7) is 16.9. The Balaban J connectivity index is 0.000000623. The Hall–Kier alpha value is 0.554. The van der Waals surface area contributed by atoms with Crippen LogP contribution in [-0.4, -0.2) is 42.8 Å². The summed E-state index contributed by atoms with van der Waals surface area (Å²) in [5.74, 6) is 2.16. The van der Waals surface area contributed by atoms with Gasteiger partial charge in [0.15, 0.2) is 0 Å². The van der Waals surface area contributed by atoms with Crippen molar-refractivity contribution >= 4 is 0 Å². The zero-order valence-electron chi connectivity index (χ0n) is 34.4. The average molecular weight is 729 g/mol. The molecule has 0 aromatic heterocycles. The predicted molar refractivity (Wildman–Crippen MR) is 208 cm³/mol. The molecule has 0 amide bonds. The average Bonchev–Trinajstić information content (AvgIpc) is 3.00. The van der Waals surface area contributed by atoms with E-state index in [0.717, 1.165) is 51.4 Å². The number of hydrogen-bond donors (Lipinski definition) is 4. The predicted octanol–water partition coefficient (Wildman–Crippen LogP) is 12.5. The van der Waals surface area contributed by atoms with Gasteiger partial charge in [-0.3, -0.25) is 0 Å². The largest absolute Gasteiger partial charge is 0.390 e. The van der Waals surface area contributed by atoms with Gasteiger partial charge in [-0.25, -0.2) is 0 Å². The van der Waals surface area contributed by atoms with Crippen molar-refractivity contribution in [3.63, 3.8) is 0 Å². The van der Waals surface area contributed by atoms with Gasteiger partial charge in [0.1, 0.15) is 0 Å². The van der Waals surface area contributed by atoms with E-state index < -0.39 is 0 Å². The maximum absolute atomic E-state index is 10.1. The molecule has 0 aliphatic heterocycles. The summed E-state index contributed by atoms with van der Waals surface area (Å²) in [5, 5.41) is 40.6. The Bertz CT molecular complexity index is 651. The Kier molecular flexibility index (Phi) is 26.6. The summed E-state index contributed by atoms with van der Waals surface area (Å²) in [6.07, 6.45) is 34.3. The molecule has 4 saturated carbocycles. The molecule has 49 heavy (non-hydrogen) atoms. The Labute approximate surface area is 322 Å². The van der Waals surface area contributed by atoms with Gasteiger partial charge in [0, 0.05) is 21.7 Å². The molecule has 8 unspecified atom stereocenters. The summed E-state index contributed by atoms with van der Waals surface area (Å²) in [5.41, 5.74) is -1.52. The smallest absolute Gasteiger partial charge is 0.0647 e. The maximum atomic E-state index is 10.1. The van der Waals surface area contributed by atoms with E-state index in [4.69, 9.17) is 0 Å². The van der Waals surface area contributed by atoms with Crippen molar-refractivity contribution in [2.45, 2.75) is 258 Å². The number of aliphatic hydroxyl groups is 4. The minimum Gasteiger partial charge on any atom is -0.390 e. The topological polar surface area (TPSA) is 80.9 Å². The van der Waals surface area contributed by atoms with Gasteiger partial charge in [0.2, 0.25) is 0 Å². The van der Waals surface area contributed by atoms with Crippen LogP contribution < -0.4 is 0 Å². The zero-order chi connectivity index (χ0) is 36.1. The summed E-state index contributed by atoms with van der Waals surface area (Å²) in [4.78, 5) is 0. The molecule has 4 rings (SSSR count). The van der Waals surface area contributed by atoms with Crippen LogP contribution in [0, 0.1) is 23.7 Å². The van der Waals surface area contributed by atoms with Crippen LogP contribution in [0.3, 0.4) is 0 Å². The third-order valence-corrected chi connectivity index (χ3v) is 13.4. The second-order valence-corrected chi connectivity index (χ2v) is 17.7. The van der Waals surface area contributed by atoms with Crippen molar-refractivity contribution in [1.82, 2.24) is 0 Å². The van der Waals surface area contributed by atoms with E-state index in [1.54, 1.807) is 0 Å². The second kappa shape index (κ2) is 26.3. The summed E-state index contributed by atoms with van der Waals surface area (Å²) >= 11 is 0. The molecule has 0 radical (unpaired) electrons. The first-order valence-corrected chi connectivity index (χ1v) is 21.6. The Morgan fingerprint density at radius 1 is 0.327 bits per heavy atom. The standard InChI is InChI=1S/4C11H22O.Ti/c4*1-3-10-8-6-4-5-7-9-11(10,2)12;/h4*10,12H,3-9H2,1-2H3;. The fraction of sp³-hybridized carbons (Fsp3) is 1.00. The van der Waals surface area contributed by atoms with Crippen LogP contribution in [0.1, 0.15) is 235 Å². The van der Waals surface area contributed by atoms with E-state index in [1.807, 2.05) is 27.7 Å². The van der Waals surface area contributed by atoms with Crippen LogP contribution >= 0.6 is 0 Å². The van der Waals surface area contributed by atoms with E-state index in [2.05, 4.69) is 27.7 Å². The SMILES string of the molecule is CCC1CCCCCCC1(C)O.CCC1CCCCCCC1(C)O.CCC1CCCCCCC1(C)O.CCC1CCCCCCC1(C)O.[Ti]. The van der Waals surface area contributed by atoms with Crippen LogP contribution in [0.4, 0.5) is 0 Å². The minimum atomic E-state index is -0.380. The zero-order valence-corrected chi connectivity index (χ0v) is 36.0. The molecule has 0 aromatic carbocycles. The van der Waals surface area contributed by atoms with E-state index in [1.165, 1.54) is 128 Å². The molecule has 4 aliphatic carbocycles. The van der Waals surface area contributed by atoms with E-state index in [9.17, 15) is 20.4 Å². The molecular formula is C44H88O4Ti. The number of hydrogen-bond acceptors (Lipinski definition) is 4. The van der Waals surface area contributed by atoms with E-state index in [-0.39, 0.29) is 44.1 Å². The molecule has 0 bridgehead atoms. The van der Waals surface area contributed by atoms with Crippen LogP contribution in [-0.2, 0) is 21.7 Å². The molecule has 4 nitrogen and oxygen atoms in total. The first kappa shape index (κ1) is 49.6. The van der Waals surface area contributed by atoms with Crippen LogP contribution in [0.5, 0.6) is 0 Å². The van der Waals surface area contributed by atoms with Gasteiger partial charge in [-0.15, -0.1) is 0 Å². The van der Waals surface area contributed by atoms with E-state index >= 15 is 0 Å². The molecule has 8 atom stereocenters. The quantitative estimate of drug-likeness (QED) is 0.217. The first-order valence-electron chi connectivity index (χ1n) is 21.6. The number of rotatable bonds is 4. The van der Waals surface area contributed by atoms with Gasteiger partial charge in [-0.1, -0.05) is 156 Å². The molecule has 292 valence electrons. The van der Waals surface area contributed by atoms with Crippen molar-refractivity contribution in [3.8, 4) is 0 Å². The maximum Gasteiger partial charge on any atom is 0.0647 e. The molecule has 0 aromatic rings. The van der Waals surface area contributed by atoms with Crippen molar-refractivity contribution in [1.29, 1.82) is 0 Å². The van der Waals surface area contributed by atoms with Crippen molar-refractivity contribution in [2.75, 3.05) is 0 Å². The summed E-state index contributed by atoms with van der Waals surface area (Å²) < 4.78 is 0. The minimum absolute atomic E-state index is 0. The molecule has 0 spiro atoms. The molecule has 0 heterocycles. The molecule has 5 heteroatoms. The van der Waals surface area contributed by atoms with Gasteiger partial charge in [0.05, 0.1) is 22.4 Å². The van der Waals surface area contributed by atoms with Gasteiger partial charge in [0.25, 0.3) is 0 Å². The Morgan fingerprint density at radius 2 is 0.490 bits per heavy atom. The van der Waals surface area contributed by atoms with Crippen molar-refractivity contribution in [2.24, 2.45) is 23.7 Å². The van der Waals surface area contributed by atoms with Gasteiger partial charge >= 0.3 is 0 Å². The molecule has 0 saturated heterocycles. The molecule has 4 N–H and O–H groups in total. The molecule has 4 aliphatic rings. The van der Waals surface area contributed by atoms with Crippen LogP contribution in [0.25, 0.3) is 0 Å². The summed E-state index contributed by atoms with van der Waals surface area (Å²) in [7, 11) is 0. The fourth-order valence-electron chi connectivity index (χ4n) is 9.54. The Morgan fingerprint density at radius 3 is 0.653 bits per heavy atom. The molecular weight excluding hydrogens is 640 g/mol. The third-order valence-electron chi connectivity index (χ3n) is 13.4. The van der Waals surface area contributed by atoms with Gasteiger partial charge in [-0.2, -0.15) is 0 Å². The second-order valence-electron chi connectivity index (χ2n) is 17.7. The van der Waals surface area contributed by atoms with Crippen molar-refractivity contribution in [3.05, 3.63) is 0 Å². The van der Waals surface area contributed by atoms with Crippen LogP contribution in [0.2, 0.25) is 0 Å². The normalized spacial score (nSPS) is 38.0. The summed E-state index contributed by atoms with van der Waals surface area (Å²) in [6, 6.07) is 0. The van der Waals surface area contributed by atoms with Crippen molar-refractivity contribution < 1.29 is 42.1 Å². The monoisotopic (exact) mass is 729 g/mol. The van der Waals surface area contributed by atoms with Gasteiger partial charge in [-0.05, 0) is 103 Å².